The fourth-order valence-corrected chi connectivity index (χ4v) is 3.12. The molecule has 21 heavy (non-hydrogen) atoms. The van der Waals surface area contributed by atoms with Gasteiger partial charge in [-0.2, -0.15) is 0 Å². The monoisotopic (exact) mass is 294 g/mol. The van der Waals surface area contributed by atoms with Crippen LogP contribution in [0.4, 0.5) is 4.39 Å². The third-order valence-electron chi connectivity index (χ3n) is 4.34. The van der Waals surface area contributed by atoms with Crippen LogP contribution in [0.3, 0.4) is 0 Å². The molecule has 1 fully saturated rings. The van der Waals surface area contributed by atoms with Crippen LogP contribution >= 0.6 is 0 Å². The third kappa shape index (κ3) is 4.25. The standard InChI is InChI=1S/C17H27FN2O/c1-3-16(19)17(14-9-4-5-10-15(14)18)20(2)12-13-8-6-7-11-21-13/h4-5,9-10,13,16-17H,3,6-8,11-12,19H2,1-2H3. The Morgan fingerprint density at radius 1 is 1.38 bits per heavy atom. The largest absolute Gasteiger partial charge is 0.377 e. The van der Waals surface area contributed by atoms with Crippen LogP contribution in [0, 0.1) is 5.82 Å². The molecular formula is C17H27FN2O. The van der Waals surface area contributed by atoms with Crippen molar-refractivity contribution in [3.8, 4) is 0 Å². The van der Waals surface area contributed by atoms with Crippen molar-refractivity contribution in [3.63, 3.8) is 0 Å². The van der Waals surface area contributed by atoms with Gasteiger partial charge in [-0.1, -0.05) is 25.1 Å². The molecule has 2 rings (SSSR count). The van der Waals surface area contributed by atoms with E-state index >= 15 is 0 Å². The molecule has 2 N–H and O–H groups in total. The summed E-state index contributed by atoms with van der Waals surface area (Å²) in [5.41, 5.74) is 6.96. The summed E-state index contributed by atoms with van der Waals surface area (Å²) in [7, 11) is 2.02. The molecule has 0 aliphatic carbocycles. The molecule has 0 aromatic heterocycles. The third-order valence-corrected chi connectivity index (χ3v) is 4.34. The van der Waals surface area contributed by atoms with Gasteiger partial charge in [-0.15, -0.1) is 0 Å². The van der Waals surface area contributed by atoms with Gasteiger partial charge in [0.2, 0.25) is 0 Å². The second-order valence-electron chi connectivity index (χ2n) is 5.97. The number of nitrogens with two attached hydrogens (primary N) is 1. The van der Waals surface area contributed by atoms with Crippen molar-refractivity contribution >= 4 is 0 Å². The Kier molecular flexibility index (Phi) is 6.15. The normalized spacial score (nSPS) is 22.2. The van der Waals surface area contributed by atoms with Gasteiger partial charge in [0.05, 0.1) is 12.1 Å². The van der Waals surface area contributed by atoms with E-state index in [0.717, 1.165) is 32.4 Å². The van der Waals surface area contributed by atoms with Gasteiger partial charge in [-0.25, -0.2) is 4.39 Å². The van der Waals surface area contributed by atoms with E-state index in [0.29, 0.717) is 5.56 Å². The number of halogens is 1. The SMILES string of the molecule is CCC(N)C(c1ccccc1F)N(C)CC1CCCCO1. The number of ether oxygens (including phenoxy) is 1. The molecule has 1 aliphatic rings. The molecule has 3 unspecified atom stereocenters. The predicted molar refractivity (Wildman–Crippen MR) is 83.6 cm³/mol. The average Bonchev–Trinajstić information content (AvgIpc) is 2.50. The second kappa shape index (κ2) is 7.87. The lowest BCUT2D eigenvalue weighted by molar-refractivity contribution is -0.0107. The summed E-state index contributed by atoms with van der Waals surface area (Å²) < 4.78 is 20.0. The molecule has 3 atom stereocenters. The first-order chi connectivity index (χ1) is 10.1. The van der Waals surface area contributed by atoms with E-state index in [9.17, 15) is 4.39 Å². The first-order valence-electron chi connectivity index (χ1n) is 7.95. The Balaban J connectivity index is 2.13. The van der Waals surface area contributed by atoms with Crippen molar-refractivity contribution < 1.29 is 9.13 Å². The summed E-state index contributed by atoms with van der Waals surface area (Å²) in [5.74, 6) is -0.178. The zero-order valence-electron chi connectivity index (χ0n) is 13.1. The van der Waals surface area contributed by atoms with E-state index in [4.69, 9.17) is 10.5 Å². The lowest BCUT2D eigenvalue weighted by Gasteiger charge is -2.36. The van der Waals surface area contributed by atoms with Crippen LogP contribution in [-0.4, -0.2) is 37.2 Å². The highest BCUT2D eigenvalue weighted by Crippen LogP contribution is 2.27. The topological polar surface area (TPSA) is 38.5 Å². The maximum absolute atomic E-state index is 14.2. The molecule has 118 valence electrons. The maximum Gasteiger partial charge on any atom is 0.128 e. The van der Waals surface area contributed by atoms with Gasteiger partial charge in [0, 0.05) is 24.8 Å². The average molecular weight is 294 g/mol. The number of benzene rings is 1. The van der Waals surface area contributed by atoms with E-state index in [1.54, 1.807) is 6.07 Å². The Labute approximate surface area is 127 Å². The molecule has 3 nitrogen and oxygen atoms in total. The van der Waals surface area contributed by atoms with Gasteiger partial charge >= 0.3 is 0 Å². The zero-order valence-corrected chi connectivity index (χ0v) is 13.1. The number of rotatable bonds is 6. The molecule has 1 aliphatic heterocycles. The van der Waals surface area contributed by atoms with Crippen molar-refractivity contribution in [3.05, 3.63) is 35.6 Å². The fourth-order valence-electron chi connectivity index (χ4n) is 3.12. The van der Waals surface area contributed by atoms with Crippen LogP contribution in [0.5, 0.6) is 0 Å². The molecule has 1 heterocycles. The summed E-state index contributed by atoms with van der Waals surface area (Å²) in [6.07, 6.45) is 4.49. The van der Waals surface area contributed by atoms with Gasteiger partial charge in [0.25, 0.3) is 0 Å². The lowest BCUT2D eigenvalue weighted by Crippen LogP contribution is -2.43. The smallest absolute Gasteiger partial charge is 0.128 e. The molecule has 1 aromatic rings. The van der Waals surface area contributed by atoms with Gasteiger partial charge in [-0.05, 0) is 38.8 Å². The van der Waals surface area contributed by atoms with Crippen LogP contribution in [0.2, 0.25) is 0 Å². The van der Waals surface area contributed by atoms with Crippen LogP contribution in [0.25, 0.3) is 0 Å². The summed E-state index contributed by atoms with van der Waals surface area (Å²) in [5, 5.41) is 0. The molecular weight excluding hydrogens is 267 g/mol. The van der Waals surface area contributed by atoms with E-state index in [-0.39, 0.29) is 24.0 Å². The van der Waals surface area contributed by atoms with Crippen LogP contribution in [-0.2, 0) is 4.74 Å². The highest BCUT2D eigenvalue weighted by atomic mass is 19.1. The van der Waals surface area contributed by atoms with Gasteiger partial charge in [0.1, 0.15) is 5.82 Å². The van der Waals surface area contributed by atoms with E-state index < -0.39 is 0 Å². The molecule has 0 amide bonds. The number of hydrogen-bond donors (Lipinski definition) is 1. The minimum absolute atomic E-state index is 0.0875. The fraction of sp³-hybridized carbons (Fsp3) is 0.647. The van der Waals surface area contributed by atoms with Gasteiger partial charge < -0.3 is 10.5 Å². The minimum atomic E-state index is -0.178. The molecule has 0 radical (unpaired) electrons. The first-order valence-corrected chi connectivity index (χ1v) is 7.95. The van der Waals surface area contributed by atoms with Crippen molar-refractivity contribution in [2.75, 3.05) is 20.2 Å². The highest BCUT2D eigenvalue weighted by molar-refractivity contribution is 5.23. The molecule has 0 bridgehead atoms. The summed E-state index contributed by atoms with van der Waals surface area (Å²) >= 11 is 0. The maximum atomic E-state index is 14.2. The molecule has 0 spiro atoms. The van der Waals surface area contributed by atoms with E-state index in [1.807, 2.05) is 26.1 Å². The highest BCUT2D eigenvalue weighted by Gasteiger charge is 2.28. The summed E-state index contributed by atoms with van der Waals surface area (Å²) in [6.45, 7) is 3.68. The van der Waals surface area contributed by atoms with Crippen molar-refractivity contribution in [1.82, 2.24) is 4.90 Å². The first kappa shape index (κ1) is 16.4. The number of likely N-dealkylation sites (N-methyl/N-ethyl adjacent to an activating group) is 1. The van der Waals surface area contributed by atoms with Crippen LogP contribution < -0.4 is 5.73 Å². The molecule has 4 heteroatoms. The lowest BCUT2D eigenvalue weighted by atomic mass is 9.95. The van der Waals surface area contributed by atoms with Crippen molar-refractivity contribution in [2.24, 2.45) is 5.73 Å². The molecule has 1 aromatic carbocycles. The second-order valence-corrected chi connectivity index (χ2v) is 5.97. The Morgan fingerprint density at radius 2 is 2.14 bits per heavy atom. The van der Waals surface area contributed by atoms with Crippen LogP contribution in [0.15, 0.2) is 24.3 Å². The Bertz CT molecular complexity index is 435. The summed E-state index contributed by atoms with van der Waals surface area (Å²) in [4.78, 5) is 2.16. The van der Waals surface area contributed by atoms with Crippen LogP contribution in [0.1, 0.15) is 44.2 Å². The summed E-state index contributed by atoms with van der Waals surface area (Å²) in [6, 6.07) is 6.75. The molecule has 1 saturated heterocycles. The Morgan fingerprint density at radius 3 is 2.76 bits per heavy atom. The molecule has 0 saturated carbocycles. The number of hydrogen-bond acceptors (Lipinski definition) is 3. The Hall–Kier alpha value is -0.970. The zero-order chi connectivity index (χ0) is 15.2. The predicted octanol–water partition coefficient (Wildman–Crippen LogP) is 3.11. The minimum Gasteiger partial charge on any atom is -0.377 e. The van der Waals surface area contributed by atoms with Crippen molar-refractivity contribution in [2.45, 2.75) is 50.8 Å². The van der Waals surface area contributed by atoms with Gasteiger partial charge in [0.15, 0.2) is 0 Å². The quantitative estimate of drug-likeness (QED) is 0.876. The van der Waals surface area contributed by atoms with E-state index in [1.165, 1.54) is 12.5 Å². The van der Waals surface area contributed by atoms with Gasteiger partial charge in [-0.3, -0.25) is 4.90 Å². The van der Waals surface area contributed by atoms with Crippen molar-refractivity contribution in [1.29, 1.82) is 0 Å². The number of nitrogens with zero attached hydrogens (tertiary/aromatic N) is 1. The van der Waals surface area contributed by atoms with E-state index in [2.05, 4.69) is 4.90 Å².